The average Bonchev–Trinajstić information content (AvgIpc) is 3.42. The zero-order valence-corrected chi connectivity index (χ0v) is 21.1. The second-order valence-electron chi connectivity index (χ2n) is 11.3. The SMILES string of the molecule is [C-]#[N+]c1cccc(N(CC23CCC(c4noc(C(C)(F)F)n4)(CC2)CC3)C(=O)NC2CCC(O)CC2)c1. The molecular formula is C27H33F2N5O3. The number of nitrogens with one attached hydrogen (secondary N) is 1. The molecule has 10 heteroatoms. The van der Waals surface area contributed by atoms with Gasteiger partial charge in [0.2, 0.25) is 0 Å². The Hall–Kier alpha value is -3.06. The minimum absolute atomic E-state index is 0.00874. The number of fused-ring (bicyclic) bond motifs is 3. The molecule has 4 aliphatic rings. The van der Waals surface area contributed by atoms with E-state index in [1.54, 1.807) is 23.1 Å². The van der Waals surface area contributed by atoms with Crippen molar-refractivity contribution in [1.29, 1.82) is 0 Å². The molecule has 0 atom stereocenters. The van der Waals surface area contributed by atoms with Crippen LogP contribution in [0.15, 0.2) is 28.8 Å². The van der Waals surface area contributed by atoms with Gasteiger partial charge in [-0.1, -0.05) is 17.3 Å². The highest BCUT2D eigenvalue weighted by Gasteiger charge is 2.53. The first-order valence-corrected chi connectivity index (χ1v) is 13.1. The Kier molecular flexibility index (Phi) is 6.69. The van der Waals surface area contributed by atoms with Crippen molar-refractivity contribution in [1.82, 2.24) is 15.5 Å². The van der Waals surface area contributed by atoms with E-state index in [0.717, 1.165) is 58.3 Å². The molecule has 1 heterocycles. The van der Waals surface area contributed by atoms with Gasteiger partial charge in [-0.15, -0.1) is 0 Å². The standard InChI is InChI=1S/C27H33F2N5O3/c1-25(28,29)23-32-22(33-37-23)27-13-10-26(11-14-27,12-15-27)17-34(20-5-3-4-19(16-20)30-2)24(36)31-18-6-8-21(35)9-7-18/h3-5,16,18,21,35H,6-15,17H2,1H3,(H,31,36). The van der Waals surface area contributed by atoms with Gasteiger partial charge in [0.15, 0.2) is 11.5 Å². The van der Waals surface area contributed by atoms with E-state index >= 15 is 0 Å². The number of halogens is 2. The maximum absolute atomic E-state index is 13.7. The lowest BCUT2D eigenvalue weighted by Gasteiger charge is -2.53. The topological polar surface area (TPSA) is 95.9 Å². The first kappa shape index (κ1) is 25.6. The van der Waals surface area contributed by atoms with Crippen molar-refractivity contribution >= 4 is 17.4 Å². The number of aliphatic hydroxyl groups excluding tert-OH is 1. The molecule has 2 aromatic rings. The summed E-state index contributed by atoms with van der Waals surface area (Å²) in [6, 6.07) is 6.94. The number of rotatable bonds is 6. The minimum atomic E-state index is -3.17. The Morgan fingerprint density at radius 3 is 2.49 bits per heavy atom. The van der Waals surface area contributed by atoms with Crippen LogP contribution in [0.3, 0.4) is 0 Å². The molecule has 8 nitrogen and oxygen atoms in total. The van der Waals surface area contributed by atoms with Gasteiger partial charge in [-0.05, 0) is 81.8 Å². The molecule has 1 aromatic carbocycles. The van der Waals surface area contributed by atoms with Crippen molar-refractivity contribution in [3.8, 4) is 0 Å². The monoisotopic (exact) mass is 513 g/mol. The largest absolute Gasteiger partial charge is 0.393 e. The summed E-state index contributed by atoms with van der Waals surface area (Å²) in [4.78, 5) is 23.0. The lowest BCUT2D eigenvalue weighted by Crippen LogP contribution is -2.54. The summed E-state index contributed by atoms with van der Waals surface area (Å²) in [5, 5.41) is 16.9. The number of alkyl halides is 2. The summed E-state index contributed by atoms with van der Waals surface area (Å²) in [5.41, 5.74) is 0.679. The Morgan fingerprint density at radius 1 is 1.22 bits per heavy atom. The molecule has 198 valence electrons. The summed E-state index contributed by atoms with van der Waals surface area (Å²) in [6.45, 7) is 8.67. The van der Waals surface area contributed by atoms with Gasteiger partial charge in [0.25, 0.3) is 5.89 Å². The van der Waals surface area contributed by atoms with Crippen molar-refractivity contribution < 1.29 is 23.2 Å². The van der Waals surface area contributed by atoms with E-state index in [2.05, 4.69) is 20.3 Å². The van der Waals surface area contributed by atoms with Gasteiger partial charge in [-0.25, -0.2) is 9.64 Å². The van der Waals surface area contributed by atoms with Crippen molar-refractivity contribution in [2.75, 3.05) is 11.4 Å². The summed E-state index contributed by atoms with van der Waals surface area (Å²) in [5.74, 6) is -3.44. The number of aromatic nitrogens is 2. The fourth-order valence-electron chi connectivity index (χ4n) is 6.27. The van der Waals surface area contributed by atoms with Crippen LogP contribution in [-0.2, 0) is 11.3 Å². The molecule has 6 rings (SSSR count). The second kappa shape index (κ2) is 9.67. The van der Waals surface area contributed by atoms with Crippen molar-refractivity contribution in [3.63, 3.8) is 0 Å². The van der Waals surface area contributed by atoms with E-state index < -0.39 is 11.8 Å². The molecule has 37 heavy (non-hydrogen) atoms. The molecule has 0 radical (unpaired) electrons. The predicted molar refractivity (Wildman–Crippen MR) is 133 cm³/mol. The zero-order valence-electron chi connectivity index (χ0n) is 21.1. The van der Waals surface area contributed by atoms with Crippen molar-refractivity contribution in [2.45, 2.75) is 94.6 Å². The van der Waals surface area contributed by atoms with Crippen LogP contribution in [0.4, 0.5) is 25.0 Å². The van der Waals surface area contributed by atoms with E-state index in [1.165, 1.54) is 0 Å². The van der Waals surface area contributed by atoms with E-state index in [1.807, 2.05) is 6.07 Å². The lowest BCUT2D eigenvalue weighted by atomic mass is 9.53. The third kappa shape index (κ3) is 5.19. The summed E-state index contributed by atoms with van der Waals surface area (Å²) >= 11 is 0. The Morgan fingerprint density at radius 2 is 1.89 bits per heavy atom. The minimum Gasteiger partial charge on any atom is -0.393 e. The number of carbonyl (C=O) groups is 1. The number of hydrogen-bond acceptors (Lipinski definition) is 5. The number of hydrogen-bond donors (Lipinski definition) is 2. The maximum Gasteiger partial charge on any atom is 0.322 e. The maximum atomic E-state index is 13.7. The number of carbonyl (C=O) groups excluding carboxylic acids is 1. The van der Waals surface area contributed by atoms with E-state index in [4.69, 9.17) is 11.1 Å². The summed E-state index contributed by atoms with van der Waals surface area (Å²) < 4.78 is 32.3. The van der Waals surface area contributed by atoms with Crippen LogP contribution in [0.2, 0.25) is 0 Å². The first-order chi connectivity index (χ1) is 17.6. The van der Waals surface area contributed by atoms with E-state index in [9.17, 15) is 18.7 Å². The molecule has 4 saturated carbocycles. The van der Waals surface area contributed by atoms with Crippen LogP contribution in [0.25, 0.3) is 4.85 Å². The molecule has 2 N–H and O–H groups in total. The van der Waals surface area contributed by atoms with Crippen LogP contribution in [0.5, 0.6) is 0 Å². The number of benzene rings is 1. The second-order valence-corrected chi connectivity index (χ2v) is 11.3. The molecule has 0 spiro atoms. The van der Waals surface area contributed by atoms with E-state index in [0.29, 0.717) is 36.6 Å². The number of urea groups is 1. The molecule has 0 unspecified atom stereocenters. The Labute approximate surface area is 215 Å². The van der Waals surface area contributed by atoms with Gasteiger partial charge >= 0.3 is 12.0 Å². The fraction of sp³-hybridized carbons (Fsp3) is 0.630. The molecule has 0 saturated heterocycles. The molecular weight excluding hydrogens is 480 g/mol. The molecule has 4 aliphatic carbocycles. The lowest BCUT2D eigenvalue weighted by molar-refractivity contribution is -0.0158. The Bertz CT molecular complexity index is 1150. The number of amides is 2. The Balaban J connectivity index is 1.34. The highest BCUT2D eigenvalue weighted by Crippen LogP contribution is 2.57. The number of aliphatic hydroxyl groups is 1. The molecule has 2 amide bonds. The van der Waals surface area contributed by atoms with Crippen LogP contribution >= 0.6 is 0 Å². The van der Waals surface area contributed by atoms with Gasteiger partial charge in [0.05, 0.1) is 12.7 Å². The normalized spacial score (nSPS) is 29.5. The van der Waals surface area contributed by atoms with Crippen LogP contribution in [-0.4, -0.2) is 40.0 Å². The van der Waals surface area contributed by atoms with Crippen LogP contribution < -0.4 is 10.2 Å². The molecule has 4 fully saturated rings. The van der Waals surface area contributed by atoms with Gasteiger partial charge in [0, 0.05) is 30.6 Å². The third-order valence-corrected chi connectivity index (χ3v) is 8.71. The fourth-order valence-corrected chi connectivity index (χ4v) is 6.27. The number of anilines is 1. The molecule has 0 aliphatic heterocycles. The van der Waals surface area contributed by atoms with Crippen molar-refractivity contribution in [2.24, 2.45) is 5.41 Å². The summed E-state index contributed by atoms with van der Waals surface area (Å²) in [6.07, 6.45) is 7.22. The van der Waals surface area contributed by atoms with Gasteiger partial charge in [-0.2, -0.15) is 13.8 Å². The molecule has 1 aromatic heterocycles. The zero-order chi connectivity index (χ0) is 26.3. The van der Waals surface area contributed by atoms with E-state index in [-0.39, 0.29) is 29.0 Å². The van der Waals surface area contributed by atoms with Crippen LogP contribution in [0.1, 0.15) is 82.8 Å². The first-order valence-electron chi connectivity index (χ1n) is 13.1. The highest BCUT2D eigenvalue weighted by molar-refractivity contribution is 5.93. The molecule has 2 bridgehead atoms. The quantitative estimate of drug-likeness (QED) is 0.473. The highest BCUT2D eigenvalue weighted by atomic mass is 19.3. The third-order valence-electron chi connectivity index (χ3n) is 8.71. The average molecular weight is 514 g/mol. The van der Waals surface area contributed by atoms with Gasteiger partial charge < -0.3 is 14.9 Å². The van der Waals surface area contributed by atoms with Gasteiger partial charge in [-0.3, -0.25) is 4.90 Å². The predicted octanol–water partition coefficient (Wildman–Crippen LogP) is 5.84. The summed E-state index contributed by atoms with van der Waals surface area (Å²) in [7, 11) is 0. The van der Waals surface area contributed by atoms with Crippen LogP contribution in [0, 0.1) is 12.0 Å². The van der Waals surface area contributed by atoms with Gasteiger partial charge in [0.1, 0.15) is 0 Å². The van der Waals surface area contributed by atoms with Crippen molar-refractivity contribution in [3.05, 3.63) is 47.4 Å². The smallest absolute Gasteiger partial charge is 0.322 e. The number of nitrogens with zero attached hydrogens (tertiary/aromatic N) is 4.